The molecule has 0 saturated carbocycles. The molecule has 0 fully saturated rings. The fourth-order valence-electron chi connectivity index (χ4n) is 10.3. The first-order valence-electron chi connectivity index (χ1n) is 35.7. The van der Waals surface area contributed by atoms with Gasteiger partial charge < -0.3 is 14.2 Å². The summed E-state index contributed by atoms with van der Waals surface area (Å²) >= 11 is 0. The van der Waals surface area contributed by atoms with Crippen molar-refractivity contribution >= 4 is 17.9 Å². The van der Waals surface area contributed by atoms with Crippen LogP contribution in [0.2, 0.25) is 0 Å². The number of carbonyl (C=O) groups excluding carboxylic acids is 3. The number of ether oxygens (including phenoxy) is 3. The zero-order valence-electron chi connectivity index (χ0n) is 54.9. The van der Waals surface area contributed by atoms with Crippen LogP contribution < -0.4 is 0 Å². The first-order valence-corrected chi connectivity index (χ1v) is 35.7. The molecule has 6 nitrogen and oxygen atoms in total. The van der Waals surface area contributed by atoms with Crippen molar-refractivity contribution in [1.29, 1.82) is 0 Å². The number of unbranched alkanes of at least 4 members (excludes halogenated alkanes) is 38. The molecule has 6 heteroatoms. The molecular weight excluding hydrogens is 1020 g/mol. The minimum absolute atomic E-state index is 0.0930. The second-order valence-corrected chi connectivity index (χ2v) is 23.7. The van der Waals surface area contributed by atoms with Gasteiger partial charge in [-0.25, -0.2) is 0 Å². The van der Waals surface area contributed by atoms with Crippen LogP contribution in [-0.2, 0) is 28.6 Å². The quantitative estimate of drug-likeness (QED) is 0.0261. The van der Waals surface area contributed by atoms with E-state index in [9.17, 15) is 14.4 Å². The minimum atomic E-state index is -0.802. The maximum absolute atomic E-state index is 12.9. The highest BCUT2D eigenvalue weighted by molar-refractivity contribution is 5.71. The van der Waals surface area contributed by atoms with Crippen LogP contribution in [-0.4, -0.2) is 37.2 Å². The standard InChI is InChI=1S/C77H134O6/c1-4-7-10-13-16-19-22-25-27-29-31-33-34-35-36-37-38-39-40-41-42-44-45-47-49-52-55-58-61-64-67-70-76(79)82-73-74(72-81-75(78)69-66-63-60-57-54-51-24-21-18-15-12-9-6-3)83-77(80)71-68-65-62-59-56-53-50-48-46-43-32-30-28-26-23-20-17-14-11-8-5-2/h8-9,11-12,17-18,20-21,26,28,32,43,48,50-51,54,74H,4-7,10,13-16,19,22-25,27,29-31,33-42,44-47,49,52-53,55-73H2,1-3H3/b11-8-,12-9-,20-17-,21-18-,28-26-,43-32-,50-48-,54-51-. The zero-order valence-corrected chi connectivity index (χ0v) is 54.9. The van der Waals surface area contributed by atoms with Crippen molar-refractivity contribution in [2.45, 2.75) is 361 Å². The van der Waals surface area contributed by atoms with E-state index in [1.165, 1.54) is 180 Å². The molecule has 0 aromatic rings. The van der Waals surface area contributed by atoms with Crippen LogP contribution in [0.3, 0.4) is 0 Å². The minimum Gasteiger partial charge on any atom is -0.462 e. The van der Waals surface area contributed by atoms with E-state index < -0.39 is 6.10 Å². The van der Waals surface area contributed by atoms with E-state index in [1.807, 2.05) is 0 Å². The van der Waals surface area contributed by atoms with Crippen LogP contribution in [0.15, 0.2) is 97.2 Å². The van der Waals surface area contributed by atoms with Gasteiger partial charge in [-0.05, 0) is 96.3 Å². The molecule has 0 aliphatic heterocycles. The van der Waals surface area contributed by atoms with Crippen LogP contribution in [0.25, 0.3) is 0 Å². The van der Waals surface area contributed by atoms with E-state index in [0.717, 1.165) is 135 Å². The fraction of sp³-hybridized carbons (Fsp3) is 0.753. The molecule has 0 bridgehead atoms. The van der Waals surface area contributed by atoms with E-state index in [4.69, 9.17) is 14.2 Å². The molecule has 0 heterocycles. The van der Waals surface area contributed by atoms with Gasteiger partial charge in [0.15, 0.2) is 6.10 Å². The van der Waals surface area contributed by atoms with Crippen LogP contribution in [0.4, 0.5) is 0 Å². The lowest BCUT2D eigenvalue weighted by atomic mass is 10.0. The van der Waals surface area contributed by atoms with Crippen molar-refractivity contribution in [3.05, 3.63) is 97.2 Å². The summed E-state index contributed by atoms with van der Waals surface area (Å²) in [6.45, 7) is 6.41. The summed E-state index contributed by atoms with van der Waals surface area (Å²) in [6, 6.07) is 0. The topological polar surface area (TPSA) is 78.9 Å². The highest BCUT2D eigenvalue weighted by atomic mass is 16.6. The Balaban J connectivity index is 4.23. The Morgan fingerprint density at radius 3 is 0.747 bits per heavy atom. The Kier molecular flexibility index (Phi) is 67.7. The lowest BCUT2D eigenvalue weighted by Gasteiger charge is -2.18. The molecule has 1 unspecified atom stereocenters. The van der Waals surface area contributed by atoms with Gasteiger partial charge in [-0.1, -0.05) is 336 Å². The predicted molar refractivity (Wildman–Crippen MR) is 362 cm³/mol. The van der Waals surface area contributed by atoms with Gasteiger partial charge in [0.2, 0.25) is 0 Å². The Morgan fingerprint density at radius 1 is 0.253 bits per heavy atom. The number of rotatable bonds is 65. The summed E-state index contributed by atoms with van der Waals surface area (Å²) in [5.74, 6) is -0.929. The molecule has 0 aliphatic carbocycles. The van der Waals surface area contributed by atoms with Crippen molar-refractivity contribution in [3.8, 4) is 0 Å². The molecule has 478 valence electrons. The SMILES string of the molecule is CC/C=C\C/C=C\C/C=C\C/C=C\C/C=C\CCCCCCCC(=O)OC(COC(=O)CCCCC/C=C\C/C=C\C/C=C\CC)COC(=O)CCCCCCCCCCCCCCCCCCCCCCCCCCCCCCCCC. The van der Waals surface area contributed by atoms with Crippen molar-refractivity contribution < 1.29 is 28.6 Å². The zero-order chi connectivity index (χ0) is 59.9. The highest BCUT2D eigenvalue weighted by Crippen LogP contribution is 2.18. The third kappa shape index (κ3) is 69.0. The first-order chi connectivity index (χ1) is 41.0. The third-order valence-corrected chi connectivity index (χ3v) is 15.6. The molecule has 0 N–H and O–H groups in total. The largest absolute Gasteiger partial charge is 0.462 e. The molecule has 0 rings (SSSR count). The Morgan fingerprint density at radius 2 is 0.470 bits per heavy atom. The number of hydrogen-bond donors (Lipinski definition) is 0. The van der Waals surface area contributed by atoms with Crippen molar-refractivity contribution in [2.75, 3.05) is 13.2 Å². The van der Waals surface area contributed by atoms with Crippen molar-refractivity contribution in [1.82, 2.24) is 0 Å². The number of carbonyl (C=O) groups is 3. The predicted octanol–water partition coefficient (Wildman–Crippen LogP) is 24.8. The number of allylic oxidation sites excluding steroid dienone is 16. The summed E-state index contributed by atoms with van der Waals surface area (Å²) < 4.78 is 16.9. The lowest BCUT2D eigenvalue weighted by molar-refractivity contribution is -0.167. The molecule has 0 spiro atoms. The van der Waals surface area contributed by atoms with Gasteiger partial charge in [-0.3, -0.25) is 14.4 Å². The fourth-order valence-corrected chi connectivity index (χ4v) is 10.3. The van der Waals surface area contributed by atoms with E-state index in [-0.39, 0.29) is 31.1 Å². The maximum atomic E-state index is 12.9. The van der Waals surface area contributed by atoms with Gasteiger partial charge in [0.25, 0.3) is 0 Å². The molecule has 0 aliphatic rings. The number of esters is 3. The van der Waals surface area contributed by atoms with Crippen LogP contribution in [0.1, 0.15) is 355 Å². The molecule has 1 atom stereocenters. The van der Waals surface area contributed by atoms with Crippen LogP contribution in [0.5, 0.6) is 0 Å². The summed E-state index contributed by atoms with van der Waals surface area (Å²) in [5, 5.41) is 0. The van der Waals surface area contributed by atoms with Gasteiger partial charge >= 0.3 is 17.9 Å². The van der Waals surface area contributed by atoms with Gasteiger partial charge in [0, 0.05) is 19.3 Å². The molecule has 0 saturated heterocycles. The average molecular weight is 1160 g/mol. The highest BCUT2D eigenvalue weighted by Gasteiger charge is 2.19. The van der Waals surface area contributed by atoms with E-state index in [1.54, 1.807) is 0 Å². The molecule has 0 aromatic carbocycles. The molecule has 0 amide bonds. The van der Waals surface area contributed by atoms with Gasteiger partial charge in [0.1, 0.15) is 13.2 Å². The summed E-state index contributed by atoms with van der Waals surface area (Å²) in [5.41, 5.74) is 0. The monoisotopic (exact) mass is 1160 g/mol. The van der Waals surface area contributed by atoms with Crippen molar-refractivity contribution in [3.63, 3.8) is 0 Å². The second-order valence-electron chi connectivity index (χ2n) is 23.7. The van der Waals surface area contributed by atoms with E-state index >= 15 is 0 Å². The summed E-state index contributed by atoms with van der Waals surface area (Å²) in [6.07, 6.45) is 96.0. The Labute approximate surface area is 515 Å². The van der Waals surface area contributed by atoms with Crippen LogP contribution >= 0.6 is 0 Å². The van der Waals surface area contributed by atoms with E-state index in [2.05, 4.69) is 118 Å². The van der Waals surface area contributed by atoms with Crippen molar-refractivity contribution in [2.24, 2.45) is 0 Å². The Bertz CT molecular complexity index is 1610. The third-order valence-electron chi connectivity index (χ3n) is 15.6. The molecule has 83 heavy (non-hydrogen) atoms. The van der Waals surface area contributed by atoms with Crippen LogP contribution in [0, 0.1) is 0 Å². The summed E-state index contributed by atoms with van der Waals surface area (Å²) in [7, 11) is 0. The van der Waals surface area contributed by atoms with E-state index in [0.29, 0.717) is 19.3 Å². The van der Waals surface area contributed by atoms with Gasteiger partial charge in [-0.15, -0.1) is 0 Å². The summed E-state index contributed by atoms with van der Waals surface area (Å²) in [4.78, 5) is 38.4. The maximum Gasteiger partial charge on any atom is 0.306 e. The lowest BCUT2D eigenvalue weighted by Crippen LogP contribution is -2.30. The Hall–Kier alpha value is -3.67. The molecule has 0 radical (unpaired) electrons. The number of hydrogen-bond acceptors (Lipinski definition) is 6. The second kappa shape index (κ2) is 70.8. The molecule has 0 aromatic heterocycles. The smallest absolute Gasteiger partial charge is 0.306 e. The molecular formula is C77H134O6. The average Bonchev–Trinajstić information content (AvgIpc) is 3.49. The first kappa shape index (κ1) is 79.3. The van der Waals surface area contributed by atoms with Gasteiger partial charge in [0.05, 0.1) is 0 Å². The normalized spacial score (nSPS) is 12.7. The van der Waals surface area contributed by atoms with Gasteiger partial charge in [-0.2, -0.15) is 0 Å².